The van der Waals surface area contributed by atoms with E-state index >= 15 is 0 Å². The van der Waals surface area contributed by atoms with Crippen molar-refractivity contribution < 1.29 is 13.2 Å². The molecule has 0 amide bonds. The van der Waals surface area contributed by atoms with Gasteiger partial charge in [-0.2, -0.15) is 0 Å². The SMILES string of the molecule is O=S(=O)(NCc1ccc(-c2cccnc2)nc1)c1ccc2c(c1)CCO2. The van der Waals surface area contributed by atoms with Crippen LogP contribution in [-0.2, 0) is 23.0 Å². The van der Waals surface area contributed by atoms with Crippen LogP contribution >= 0.6 is 0 Å². The molecule has 0 radical (unpaired) electrons. The lowest BCUT2D eigenvalue weighted by Gasteiger charge is -2.08. The fourth-order valence-electron chi connectivity index (χ4n) is 2.81. The summed E-state index contributed by atoms with van der Waals surface area (Å²) in [5, 5.41) is 0. The Labute approximate surface area is 151 Å². The summed E-state index contributed by atoms with van der Waals surface area (Å²) in [6, 6.07) is 12.4. The standard InChI is InChI=1S/C19H17N3O3S/c23-26(24,17-4-6-19-15(10-17)7-9-25-19)22-12-14-3-5-18(21-11-14)16-2-1-8-20-13-16/h1-6,8,10-11,13,22H,7,9,12H2. The van der Waals surface area contributed by atoms with E-state index in [1.54, 1.807) is 36.8 Å². The van der Waals surface area contributed by atoms with Crippen LogP contribution < -0.4 is 9.46 Å². The van der Waals surface area contributed by atoms with Crippen LogP contribution in [0.15, 0.2) is 66.0 Å². The number of nitrogens with zero attached hydrogens (tertiary/aromatic N) is 2. The quantitative estimate of drug-likeness (QED) is 0.749. The molecular weight excluding hydrogens is 350 g/mol. The second-order valence-electron chi connectivity index (χ2n) is 5.99. The van der Waals surface area contributed by atoms with E-state index < -0.39 is 10.0 Å². The van der Waals surface area contributed by atoms with E-state index in [0.717, 1.165) is 34.6 Å². The van der Waals surface area contributed by atoms with Crippen molar-refractivity contribution in [3.63, 3.8) is 0 Å². The highest BCUT2D eigenvalue weighted by Gasteiger charge is 2.19. The second-order valence-corrected chi connectivity index (χ2v) is 7.75. The molecule has 1 N–H and O–H groups in total. The zero-order valence-electron chi connectivity index (χ0n) is 13.9. The molecule has 7 heteroatoms. The molecule has 26 heavy (non-hydrogen) atoms. The van der Waals surface area contributed by atoms with Gasteiger partial charge in [-0.05, 0) is 47.5 Å². The van der Waals surface area contributed by atoms with E-state index in [4.69, 9.17) is 4.74 Å². The molecule has 0 atom stereocenters. The van der Waals surface area contributed by atoms with Crippen LogP contribution in [0.5, 0.6) is 5.75 Å². The third-order valence-electron chi connectivity index (χ3n) is 4.22. The summed E-state index contributed by atoms with van der Waals surface area (Å²) in [6.45, 7) is 0.775. The molecule has 1 aliphatic heterocycles. The first-order valence-electron chi connectivity index (χ1n) is 8.22. The average molecular weight is 367 g/mol. The molecule has 0 unspecified atom stereocenters. The van der Waals surface area contributed by atoms with Gasteiger partial charge in [0.15, 0.2) is 0 Å². The molecule has 4 rings (SSSR count). The van der Waals surface area contributed by atoms with Crippen LogP contribution in [0.4, 0.5) is 0 Å². The maximum absolute atomic E-state index is 12.5. The predicted molar refractivity (Wildman–Crippen MR) is 97.1 cm³/mol. The van der Waals surface area contributed by atoms with Gasteiger partial charge in [-0.15, -0.1) is 0 Å². The summed E-state index contributed by atoms with van der Waals surface area (Å²) in [5.41, 5.74) is 3.42. The second kappa shape index (κ2) is 6.86. The first-order valence-corrected chi connectivity index (χ1v) is 9.71. The molecule has 0 bridgehead atoms. The van der Waals surface area contributed by atoms with Gasteiger partial charge >= 0.3 is 0 Å². The molecule has 3 heterocycles. The first kappa shape index (κ1) is 16.7. The van der Waals surface area contributed by atoms with E-state index in [0.29, 0.717) is 6.61 Å². The van der Waals surface area contributed by atoms with E-state index in [2.05, 4.69) is 14.7 Å². The Balaban J connectivity index is 1.46. The van der Waals surface area contributed by atoms with Crippen molar-refractivity contribution in [1.29, 1.82) is 0 Å². The molecule has 0 saturated carbocycles. The van der Waals surface area contributed by atoms with Crippen LogP contribution in [0.3, 0.4) is 0 Å². The normalized spacial score (nSPS) is 13.2. The highest BCUT2D eigenvalue weighted by Crippen LogP contribution is 2.27. The Morgan fingerprint density at radius 3 is 2.81 bits per heavy atom. The van der Waals surface area contributed by atoms with Crippen molar-refractivity contribution in [2.24, 2.45) is 0 Å². The predicted octanol–water partition coefficient (Wildman–Crippen LogP) is 2.56. The molecular formula is C19H17N3O3S. The van der Waals surface area contributed by atoms with Crippen LogP contribution in [-0.4, -0.2) is 25.0 Å². The number of hydrogen-bond acceptors (Lipinski definition) is 5. The Kier molecular flexibility index (Phi) is 4.40. The first-order chi connectivity index (χ1) is 12.6. The largest absolute Gasteiger partial charge is 0.493 e. The molecule has 132 valence electrons. The molecule has 6 nitrogen and oxygen atoms in total. The maximum atomic E-state index is 12.5. The number of pyridine rings is 2. The number of fused-ring (bicyclic) bond motifs is 1. The number of hydrogen-bond donors (Lipinski definition) is 1. The Morgan fingerprint density at radius 1 is 1.12 bits per heavy atom. The van der Waals surface area contributed by atoms with Gasteiger partial charge in [0.05, 0.1) is 17.2 Å². The fourth-order valence-corrected chi connectivity index (χ4v) is 3.87. The van der Waals surface area contributed by atoms with Gasteiger partial charge in [-0.1, -0.05) is 6.07 Å². The summed E-state index contributed by atoms with van der Waals surface area (Å²) in [5.74, 6) is 0.763. The number of ether oxygens (including phenoxy) is 1. The zero-order valence-corrected chi connectivity index (χ0v) is 14.7. The summed E-state index contributed by atoms with van der Waals surface area (Å²) in [6.07, 6.45) is 5.85. The van der Waals surface area contributed by atoms with Crippen LogP contribution in [0.2, 0.25) is 0 Å². The smallest absolute Gasteiger partial charge is 0.240 e. The minimum atomic E-state index is -3.59. The molecule has 1 aromatic carbocycles. The zero-order chi connectivity index (χ0) is 18.0. The van der Waals surface area contributed by atoms with Crippen LogP contribution in [0.1, 0.15) is 11.1 Å². The van der Waals surface area contributed by atoms with Gasteiger partial charge in [-0.3, -0.25) is 9.97 Å². The number of nitrogens with one attached hydrogen (secondary N) is 1. The Hall–Kier alpha value is -2.77. The molecule has 0 aliphatic carbocycles. The number of sulfonamides is 1. The molecule has 2 aromatic heterocycles. The van der Waals surface area contributed by atoms with Gasteiger partial charge in [0.1, 0.15) is 5.75 Å². The van der Waals surface area contributed by atoms with E-state index in [9.17, 15) is 8.42 Å². The molecule has 0 saturated heterocycles. The van der Waals surface area contributed by atoms with Crippen molar-refractivity contribution in [2.45, 2.75) is 17.9 Å². The monoisotopic (exact) mass is 367 g/mol. The lowest BCUT2D eigenvalue weighted by molar-refractivity contribution is 0.356. The summed E-state index contributed by atoms with van der Waals surface area (Å²) >= 11 is 0. The summed E-state index contributed by atoms with van der Waals surface area (Å²) < 4.78 is 33.1. The Bertz CT molecular complexity index is 1020. The maximum Gasteiger partial charge on any atom is 0.240 e. The van der Waals surface area contributed by atoms with E-state index in [-0.39, 0.29) is 11.4 Å². The van der Waals surface area contributed by atoms with Crippen LogP contribution in [0, 0.1) is 0 Å². The highest BCUT2D eigenvalue weighted by molar-refractivity contribution is 7.89. The lowest BCUT2D eigenvalue weighted by atomic mass is 10.1. The minimum absolute atomic E-state index is 0.177. The third kappa shape index (κ3) is 3.44. The topological polar surface area (TPSA) is 81.2 Å². The fraction of sp³-hybridized carbons (Fsp3) is 0.158. The molecule has 0 spiro atoms. The molecule has 1 aliphatic rings. The van der Waals surface area contributed by atoms with E-state index in [1.165, 1.54) is 0 Å². The summed E-state index contributed by atoms with van der Waals surface area (Å²) in [4.78, 5) is 8.70. The minimum Gasteiger partial charge on any atom is -0.493 e. The van der Waals surface area contributed by atoms with Crippen molar-refractivity contribution in [1.82, 2.24) is 14.7 Å². The van der Waals surface area contributed by atoms with Crippen molar-refractivity contribution in [3.05, 3.63) is 72.2 Å². The van der Waals surface area contributed by atoms with Gasteiger partial charge < -0.3 is 4.74 Å². The number of benzene rings is 1. The van der Waals surface area contributed by atoms with Crippen molar-refractivity contribution >= 4 is 10.0 Å². The molecule has 0 fully saturated rings. The Morgan fingerprint density at radius 2 is 2.04 bits per heavy atom. The average Bonchev–Trinajstić information content (AvgIpc) is 3.15. The van der Waals surface area contributed by atoms with Gasteiger partial charge in [0.25, 0.3) is 0 Å². The highest BCUT2D eigenvalue weighted by atomic mass is 32.2. The van der Waals surface area contributed by atoms with Crippen LogP contribution in [0.25, 0.3) is 11.3 Å². The van der Waals surface area contributed by atoms with E-state index in [1.807, 2.05) is 24.3 Å². The van der Waals surface area contributed by atoms with Gasteiger partial charge in [0.2, 0.25) is 10.0 Å². The van der Waals surface area contributed by atoms with Gasteiger partial charge in [0, 0.05) is 37.1 Å². The van der Waals surface area contributed by atoms with Crippen molar-refractivity contribution in [3.8, 4) is 17.0 Å². The lowest BCUT2D eigenvalue weighted by Crippen LogP contribution is -2.23. The third-order valence-corrected chi connectivity index (χ3v) is 5.62. The number of aromatic nitrogens is 2. The number of rotatable bonds is 5. The van der Waals surface area contributed by atoms with Crippen molar-refractivity contribution in [2.75, 3.05) is 6.61 Å². The summed E-state index contributed by atoms with van der Waals surface area (Å²) in [7, 11) is -3.59. The van der Waals surface area contributed by atoms with Gasteiger partial charge in [-0.25, -0.2) is 13.1 Å². The molecule has 3 aromatic rings.